The Hall–Kier alpha value is -1.37. The van der Waals surface area contributed by atoms with Crippen molar-refractivity contribution < 1.29 is 13.9 Å². The van der Waals surface area contributed by atoms with Crippen molar-refractivity contribution in [1.82, 2.24) is 15.1 Å². The van der Waals surface area contributed by atoms with E-state index in [1.165, 1.54) is 12.1 Å². The van der Waals surface area contributed by atoms with E-state index in [1.54, 1.807) is 12.1 Å². The average Bonchev–Trinajstić information content (AvgIpc) is 3.04. The van der Waals surface area contributed by atoms with E-state index in [9.17, 15) is 9.18 Å². The minimum Gasteiger partial charge on any atom is -0.484 e. The quantitative estimate of drug-likeness (QED) is 0.890. The van der Waals surface area contributed by atoms with Crippen molar-refractivity contribution in [2.45, 2.75) is 12.5 Å². The predicted octanol–water partition coefficient (Wildman–Crippen LogP) is 1.13. The van der Waals surface area contributed by atoms with Crippen LogP contribution in [0.2, 0.25) is 0 Å². The lowest BCUT2D eigenvalue weighted by atomic mass is 10.2. The SMILES string of the molecule is Cl.O=C(COc1cccc(F)c1)N1CCC(N2CCNCC2)C1. The summed E-state index contributed by atoms with van der Waals surface area (Å²) in [6, 6.07) is 6.34. The molecule has 2 aliphatic heterocycles. The van der Waals surface area contributed by atoms with Crippen molar-refractivity contribution in [3.63, 3.8) is 0 Å². The summed E-state index contributed by atoms with van der Waals surface area (Å²) in [7, 11) is 0. The molecule has 1 N–H and O–H groups in total. The van der Waals surface area contributed by atoms with Gasteiger partial charge in [-0.15, -0.1) is 12.4 Å². The highest BCUT2D eigenvalue weighted by Gasteiger charge is 2.30. The van der Waals surface area contributed by atoms with E-state index in [0.29, 0.717) is 11.8 Å². The molecule has 128 valence electrons. The van der Waals surface area contributed by atoms with E-state index < -0.39 is 0 Å². The van der Waals surface area contributed by atoms with Gasteiger partial charge in [0.2, 0.25) is 0 Å². The number of halogens is 2. The van der Waals surface area contributed by atoms with Crippen LogP contribution in [0.25, 0.3) is 0 Å². The lowest BCUT2D eigenvalue weighted by Crippen LogP contribution is -2.49. The van der Waals surface area contributed by atoms with Gasteiger partial charge >= 0.3 is 0 Å². The Bertz CT molecular complexity index is 526. The van der Waals surface area contributed by atoms with Crippen molar-refractivity contribution >= 4 is 18.3 Å². The maximum Gasteiger partial charge on any atom is 0.260 e. The Balaban J connectivity index is 0.00000192. The second-order valence-corrected chi connectivity index (χ2v) is 5.81. The highest BCUT2D eigenvalue weighted by molar-refractivity contribution is 5.85. The van der Waals surface area contributed by atoms with Gasteiger partial charge in [-0.2, -0.15) is 0 Å². The van der Waals surface area contributed by atoms with Crippen molar-refractivity contribution in [3.8, 4) is 5.75 Å². The van der Waals surface area contributed by atoms with E-state index in [-0.39, 0.29) is 30.7 Å². The monoisotopic (exact) mass is 343 g/mol. The molecular weight excluding hydrogens is 321 g/mol. The number of hydrogen-bond donors (Lipinski definition) is 1. The molecule has 1 aromatic carbocycles. The zero-order chi connectivity index (χ0) is 15.4. The third-order valence-electron chi connectivity index (χ3n) is 4.34. The van der Waals surface area contributed by atoms with E-state index in [1.807, 2.05) is 4.90 Å². The first-order chi connectivity index (χ1) is 10.7. The normalized spacial score (nSPS) is 21.8. The molecule has 0 bridgehead atoms. The summed E-state index contributed by atoms with van der Waals surface area (Å²) in [5, 5.41) is 3.34. The maximum atomic E-state index is 13.1. The van der Waals surface area contributed by atoms with Gasteiger partial charge in [-0.05, 0) is 18.6 Å². The molecule has 7 heteroatoms. The molecule has 0 spiro atoms. The summed E-state index contributed by atoms with van der Waals surface area (Å²) < 4.78 is 18.5. The van der Waals surface area contributed by atoms with Gasteiger partial charge < -0.3 is 15.0 Å². The first kappa shape index (κ1) is 18.0. The van der Waals surface area contributed by atoms with Crippen LogP contribution in [0.4, 0.5) is 4.39 Å². The van der Waals surface area contributed by atoms with Gasteiger partial charge in [-0.3, -0.25) is 9.69 Å². The molecule has 2 aliphatic rings. The van der Waals surface area contributed by atoms with Crippen LogP contribution in [0.3, 0.4) is 0 Å². The fourth-order valence-corrected chi connectivity index (χ4v) is 3.11. The first-order valence-electron chi connectivity index (χ1n) is 7.83. The fourth-order valence-electron chi connectivity index (χ4n) is 3.11. The van der Waals surface area contributed by atoms with Gasteiger partial charge in [-0.1, -0.05) is 6.07 Å². The molecule has 23 heavy (non-hydrogen) atoms. The zero-order valence-corrected chi connectivity index (χ0v) is 13.9. The van der Waals surface area contributed by atoms with E-state index in [0.717, 1.165) is 45.7 Å². The van der Waals surface area contributed by atoms with Crippen LogP contribution in [0.1, 0.15) is 6.42 Å². The standard InChI is InChI=1S/C16H22FN3O2.ClH/c17-13-2-1-3-15(10-13)22-12-16(21)20-7-4-14(11-20)19-8-5-18-6-9-19;/h1-3,10,14,18H,4-9,11-12H2;1H. The fraction of sp³-hybridized carbons (Fsp3) is 0.562. The Labute approximate surface area is 142 Å². The molecule has 1 amide bonds. The summed E-state index contributed by atoms with van der Waals surface area (Å²) in [4.78, 5) is 16.5. The predicted molar refractivity (Wildman–Crippen MR) is 88.6 cm³/mol. The molecule has 1 unspecified atom stereocenters. The molecule has 5 nitrogen and oxygen atoms in total. The number of nitrogens with zero attached hydrogens (tertiary/aromatic N) is 2. The summed E-state index contributed by atoms with van der Waals surface area (Å²) in [5.74, 6) is 0.0120. The third-order valence-corrected chi connectivity index (χ3v) is 4.34. The van der Waals surface area contributed by atoms with Gasteiger partial charge in [-0.25, -0.2) is 4.39 Å². The van der Waals surface area contributed by atoms with Crippen molar-refractivity contribution in [2.24, 2.45) is 0 Å². The van der Waals surface area contributed by atoms with Crippen LogP contribution in [-0.4, -0.2) is 67.6 Å². The first-order valence-corrected chi connectivity index (χ1v) is 7.83. The molecule has 0 radical (unpaired) electrons. The lowest BCUT2D eigenvalue weighted by molar-refractivity contribution is -0.132. The number of benzene rings is 1. The average molecular weight is 344 g/mol. The molecule has 0 aliphatic carbocycles. The van der Waals surface area contributed by atoms with E-state index >= 15 is 0 Å². The van der Waals surface area contributed by atoms with Crippen molar-refractivity contribution in [3.05, 3.63) is 30.1 Å². The lowest BCUT2D eigenvalue weighted by Gasteiger charge is -2.32. The molecule has 2 saturated heterocycles. The second-order valence-electron chi connectivity index (χ2n) is 5.81. The van der Waals surface area contributed by atoms with E-state index in [2.05, 4.69) is 10.2 Å². The number of amides is 1. The number of ether oxygens (including phenoxy) is 1. The second kappa shape index (κ2) is 8.47. The molecule has 0 aromatic heterocycles. The van der Waals surface area contributed by atoms with Crippen LogP contribution in [0, 0.1) is 5.82 Å². The van der Waals surface area contributed by atoms with Crippen LogP contribution in [0.5, 0.6) is 5.75 Å². The van der Waals surface area contributed by atoms with Crippen LogP contribution in [-0.2, 0) is 4.79 Å². The zero-order valence-electron chi connectivity index (χ0n) is 13.0. The molecule has 1 atom stereocenters. The summed E-state index contributed by atoms with van der Waals surface area (Å²) in [6.45, 7) is 5.66. The van der Waals surface area contributed by atoms with E-state index in [4.69, 9.17) is 4.74 Å². The van der Waals surface area contributed by atoms with Crippen LogP contribution >= 0.6 is 12.4 Å². The summed E-state index contributed by atoms with van der Waals surface area (Å²) in [6.07, 6.45) is 1.02. The molecule has 2 fully saturated rings. The minimum atomic E-state index is -0.357. The smallest absolute Gasteiger partial charge is 0.260 e. The highest BCUT2D eigenvalue weighted by atomic mass is 35.5. The highest BCUT2D eigenvalue weighted by Crippen LogP contribution is 2.17. The number of carbonyl (C=O) groups is 1. The molecule has 3 rings (SSSR count). The summed E-state index contributed by atoms with van der Waals surface area (Å²) >= 11 is 0. The van der Waals surface area contributed by atoms with Crippen LogP contribution < -0.4 is 10.1 Å². The van der Waals surface area contributed by atoms with Crippen molar-refractivity contribution in [2.75, 3.05) is 45.9 Å². The van der Waals surface area contributed by atoms with Gasteiger partial charge in [0.1, 0.15) is 11.6 Å². The minimum absolute atomic E-state index is 0. The van der Waals surface area contributed by atoms with Crippen molar-refractivity contribution in [1.29, 1.82) is 0 Å². The Morgan fingerprint density at radius 2 is 2.09 bits per heavy atom. The Kier molecular flexibility index (Phi) is 6.62. The Morgan fingerprint density at radius 1 is 1.30 bits per heavy atom. The number of likely N-dealkylation sites (tertiary alicyclic amines) is 1. The number of piperazine rings is 1. The molecule has 2 heterocycles. The molecule has 0 saturated carbocycles. The number of hydrogen-bond acceptors (Lipinski definition) is 4. The largest absolute Gasteiger partial charge is 0.484 e. The number of nitrogens with one attached hydrogen (secondary N) is 1. The van der Waals surface area contributed by atoms with Gasteiger partial charge in [0.05, 0.1) is 0 Å². The number of rotatable bonds is 4. The summed E-state index contributed by atoms with van der Waals surface area (Å²) in [5.41, 5.74) is 0. The molecule has 1 aromatic rings. The van der Waals surface area contributed by atoms with Gasteiger partial charge in [0, 0.05) is 51.4 Å². The topological polar surface area (TPSA) is 44.8 Å². The third kappa shape index (κ3) is 4.80. The van der Waals surface area contributed by atoms with Crippen LogP contribution in [0.15, 0.2) is 24.3 Å². The Morgan fingerprint density at radius 3 is 2.83 bits per heavy atom. The van der Waals surface area contributed by atoms with Gasteiger partial charge in [0.15, 0.2) is 6.61 Å². The van der Waals surface area contributed by atoms with Gasteiger partial charge in [0.25, 0.3) is 5.91 Å². The molecular formula is C16H23ClFN3O2. The number of carbonyl (C=O) groups excluding carboxylic acids is 1. The maximum absolute atomic E-state index is 13.1.